The molecular weight excluding hydrogens is 260 g/mol. The maximum Gasteiger partial charge on any atom is 0.0728 e. The number of pyridine rings is 1. The highest BCUT2D eigenvalue weighted by molar-refractivity contribution is 5.95. The van der Waals surface area contributed by atoms with Gasteiger partial charge in [0.15, 0.2) is 0 Å². The Bertz CT molecular complexity index is 630. The lowest BCUT2D eigenvalue weighted by atomic mass is 9.96. The van der Waals surface area contributed by atoms with Gasteiger partial charge in [0.1, 0.15) is 0 Å². The number of anilines is 2. The number of hydrogen-bond donors (Lipinski definition) is 2. The Labute approximate surface area is 127 Å². The van der Waals surface area contributed by atoms with Crippen molar-refractivity contribution < 1.29 is 0 Å². The topological polar surface area (TPSA) is 54.2 Å². The van der Waals surface area contributed by atoms with Gasteiger partial charge in [-0.15, -0.1) is 0 Å². The Morgan fingerprint density at radius 1 is 1.24 bits per heavy atom. The molecule has 0 aliphatic rings. The van der Waals surface area contributed by atoms with Gasteiger partial charge in [0.25, 0.3) is 0 Å². The van der Waals surface area contributed by atoms with Crippen molar-refractivity contribution in [3.8, 4) is 0 Å². The third-order valence-electron chi connectivity index (χ3n) is 4.05. The van der Waals surface area contributed by atoms with Crippen LogP contribution in [-0.2, 0) is 0 Å². The van der Waals surface area contributed by atoms with E-state index in [0.29, 0.717) is 5.92 Å². The fourth-order valence-corrected chi connectivity index (χ4v) is 3.04. The summed E-state index contributed by atoms with van der Waals surface area (Å²) in [5, 5.41) is 1.09. The maximum atomic E-state index is 5.82. The molecule has 0 fully saturated rings. The third-order valence-corrected chi connectivity index (χ3v) is 4.05. The molecule has 0 radical (unpaired) electrons. The third kappa shape index (κ3) is 2.81. The Hall–Kier alpha value is -1.81. The van der Waals surface area contributed by atoms with E-state index < -0.39 is 0 Å². The summed E-state index contributed by atoms with van der Waals surface area (Å²) in [6.45, 7) is 12.7. The zero-order valence-electron chi connectivity index (χ0n) is 13.7. The van der Waals surface area contributed by atoms with Gasteiger partial charge in [-0.25, -0.2) is 0 Å². The molecule has 0 amide bonds. The lowest BCUT2D eigenvalue weighted by Gasteiger charge is -2.23. The molecule has 4 nitrogen and oxygen atoms in total. The first-order valence-corrected chi connectivity index (χ1v) is 7.69. The minimum Gasteiger partial charge on any atom is -0.372 e. The highest BCUT2D eigenvalue weighted by Gasteiger charge is 2.15. The van der Waals surface area contributed by atoms with E-state index in [9.17, 15) is 0 Å². The monoisotopic (exact) mass is 286 g/mol. The van der Waals surface area contributed by atoms with Gasteiger partial charge in [-0.05, 0) is 44.9 Å². The van der Waals surface area contributed by atoms with E-state index in [4.69, 9.17) is 10.8 Å². The second-order valence-corrected chi connectivity index (χ2v) is 5.66. The molecule has 1 heterocycles. The van der Waals surface area contributed by atoms with Crippen LogP contribution < -0.4 is 16.2 Å². The first kappa shape index (κ1) is 15.6. The highest BCUT2D eigenvalue weighted by Crippen LogP contribution is 2.34. The van der Waals surface area contributed by atoms with E-state index in [1.165, 1.54) is 11.3 Å². The van der Waals surface area contributed by atoms with Crippen LogP contribution in [0.2, 0.25) is 0 Å². The van der Waals surface area contributed by atoms with Crippen molar-refractivity contribution in [1.82, 2.24) is 4.98 Å². The second kappa shape index (κ2) is 6.31. The summed E-state index contributed by atoms with van der Waals surface area (Å²) in [5.74, 6) is 6.20. The van der Waals surface area contributed by atoms with Crippen LogP contribution in [0, 0.1) is 6.92 Å². The number of nitrogen functional groups attached to an aromatic ring is 1. The quantitative estimate of drug-likeness (QED) is 0.648. The van der Waals surface area contributed by atoms with Gasteiger partial charge in [-0.3, -0.25) is 10.8 Å². The highest BCUT2D eigenvalue weighted by atomic mass is 15.2. The van der Waals surface area contributed by atoms with Crippen LogP contribution in [-0.4, -0.2) is 18.1 Å². The number of hydrazine groups is 1. The average Bonchev–Trinajstić information content (AvgIpc) is 2.46. The van der Waals surface area contributed by atoms with Crippen LogP contribution in [0.1, 0.15) is 44.9 Å². The van der Waals surface area contributed by atoms with Crippen molar-refractivity contribution in [3.63, 3.8) is 0 Å². The van der Waals surface area contributed by atoms with E-state index in [1.807, 2.05) is 6.92 Å². The Morgan fingerprint density at radius 3 is 2.43 bits per heavy atom. The van der Waals surface area contributed by atoms with Crippen LogP contribution in [0.25, 0.3) is 10.9 Å². The molecule has 1 aromatic carbocycles. The van der Waals surface area contributed by atoms with Crippen LogP contribution in [0.4, 0.5) is 11.4 Å². The molecule has 2 aromatic rings. The summed E-state index contributed by atoms with van der Waals surface area (Å²) >= 11 is 0. The van der Waals surface area contributed by atoms with Gasteiger partial charge >= 0.3 is 0 Å². The molecule has 0 saturated carbocycles. The molecule has 2 rings (SSSR count). The van der Waals surface area contributed by atoms with Crippen molar-refractivity contribution >= 4 is 22.3 Å². The van der Waals surface area contributed by atoms with Crippen LogP contribution in [0.5, 0.6) is 0 Å². The van der Waals surface area contributed by atoms with Gasteiger partial charge in [-0.1, -0.05) is 13.8 Å². The number of nitrogens with two attached hydrogens (primary N) is 1. The van der Waals surface area contributed by atoms with Gasteiger partial charge in [0, 0.05) is 35.4 Å². The smallest absolute Gasteiger partial charge is 0.0728 e. The van der Waals surface area contributed by atoms with Crippen molar-refractivity contribution in [3.05, 3.63) is 29.5 Å². The number of benzene rings is 1. The number of nitrogens with zero attached hydrogens (tertiary/aromatic N) is 2. The molecule has 0 unspecified atom stereocenters. The molecule has 0 saturated heterocycles. The van der Waals surface area contributed by atoms with Gasteiger partial charge in [0.2, 0.25) is 0 Å². The van der Waals surface area contributed by atoms with Gasteiger partial charge in [-0.2, -0.15) is 0 Å². The predicted octanol–water partition coefficient (Wildman–Crippen LogP) is 3.80. The fourth-order valence-electron chi connectivity index (χ4n) is 3.04. The number of aryl methyl sites for hydroxylation is 1. The molecule has 0 bridgehead atoms. The van der Waals surface area contributed by atoms with Crippen LogP contribution in [0.15, 0.2) is 18.2 Å². The zero-order chi connectivity index (χ0) is 15.6. The SMILES string of the molecule is CCN(CC)c1ccc2nc(C)c(C(C)C)c(NN)c2c1. The number of hydrogen-bond acceptors (Lipinski definition) is 4. The summed E-state index contributed by atoms with van der Waals surface area (Å²) < 4.78 is 0. The number of rotatable bonds is 5. The molecular formula is C17H26N4. The number of fused-ring (bicyclic) bond motifs is 1. The molecule has 0 aliphatic heterocycles. The summed E-state index contributed by atoms with van der Waals surface area (Å²) in [6.07, 6.45) is 0. The van der Waals surface area contributed by atoms with Crippen molar-refractivity contribution in [1.29, 1.82) is 0 Å². The van der Waals surface area contributed by atoms with E-state index in [1.54, 1.807) is 0 Å². The molecule has 0 aliphatic carbocycles. The van der Waals surface area contributed by atoms with Gasteiger partial charge < -0.3 is 10.3 Å². The summed E-state index contributed by atoms with van der Waals surface area (Å²) in [6, 6.07) is 6.41. The van der Waals surface area contributed by atoms with Crippen LogP contribution in [0.3, 0.4) is 0 Å². The zero-order valence-corrected chi connectivity index (χ0v) is 13.7. The summed E-state index contributed by atoms with van der Waals surface area (Å²) in [7, 11) is 0. The van der Waals surface area contributed by atoms with E-state index >= 15 is 0 Å². The standard InChI is InChI=1S/C17H26N4/c1-6-21(7-2)13-8-9-15-14(10-13)17(20-18)16(11(3)4)12(5)19-15/h8-11H,6-7,18H2,1-5H3,(H,19,20). The predicted molar refractivity (Wildman–Crippen MR) is 91.9 cm³/mol. The van der Waals surface area contributed by atoms with Crippen molar-refractivity contribution in [2.75, 3.05) is 23.4 Å². The lowest BCUT2D eigenvalue weighted by Crippen LogP contribution is -2.21. The van der Waals surface area contributed by atoms with E-state index in [2.05, 4.69) is 56.2 Å². The first-order chi connectivity index (χ1) is 10.0. The Balaban J connectivity index is 2.72. The molecule has 4 heteroatoms. The molecule has 21 heavy (non-hydrogen) atoms. The Kier molecular flexibility index (Phi) is 4.68. The second-order valence-electron chi connectivity index (χ2n) is 5.66. The molecule has 114 valence electrons. The van der Waals surface area contributed by atoms with Gasteiger partial charge in [0.05, 0.1) is 11.2 Å². The largest absolute Gasteiger partial charge is 0.372 e. The van der Waals surface area contributed by atoms with Crippen LogP contribution >= 0.6 is 0 Å². The first-order valence-electron chi connectivity index (χ1n) is 7.69. The molecule has 0 spiro atoms. The lowest BCUT2D eigenvalue weighted by molar-refractivity contribution is 0.847. The molecule has 1 aromatic heterocycles. The van der Waals surface area contributed by atoms with Crippen molar-refractivity contribution in [2.45, 2.75) is 40.5 Å². The molecule has 3 N–H and O–H groups in total. The Morgan fingerprint density at radius 2 is 1.90 bits per heavy atom. The summed E-state index contributed by atoms with van der Waals surface area (Å²) in [5.41, 5.74) is 8.34. The number of aromatic nitrogens is 1. The van der Waals surface area contributed by atoms with Crippen molar-refractivity contribution in [2.24, 2.45) is 5.84 Å². The minimum absolute atomic E-state index is 0.380. The summed E-state index contributed by atoms with van der Waals surface area (Å²) in [4.78, 5) is 7.07. The minimum atomic E-state index is 0.380. The molecule has 0 atom stereocenters. The average molecular weight is 286 g/mol. The fraction of sp³-hybridized carbons (Fsp3) is 0.471. The van der Waals surface area contributed by atoms with E-state index in [-0.39, 0.29) is 0 Å². The number of nitrogens with one attached hydrogen (secondary N) is 1. The maximum absolute atomic E-state index is 5.82. The van der Waals surface area contributed by atoms with E-state index in [0.717, 1.165) is 35.4 Å². The normalized spacial score (nSPS) is 11.2.